The second-order valence-corrected chi connectivity index (χ2v) is 35.5. The van der Waals surface area contributed by atoms with Crippen molar-refractivity contribution < 1.29 is 47.4 Å². The van der Waals surface area contributed by atoms with Gasteiger partial charge in [0.2, 0.25) is 0 Å². The number of halogens is 1. The number of anilines is 8. The number of aryl methyl sites for hydroxylation is 3. The van der Waals surface area contributed by atoms with Gasteiger partial charge >= 0.3 is 0 Å². The molecule has 3 saturated heterocycles. The van der Waals surface area contributed by atoms with E-state index in [1.54, 1.807) is 96.2 Å². The molecule has 0 spiro atoms. The molecular formula is C107H129FN24O9S. The van der Waals surface area contributed by atoms with Crippen molar-refractivity contribution in [2.75, 3.05) is 161 Å². The van der Waals surface area contributed by atoms with Gasteiger partial charge in [-0.15, -0.1) is 0 Å². The average Bonchev–Trinajstić information content (AvgIpc) is 1.20. The minimum Gasteiger partial charge on any atom is -0.497 e. The fourth-order valence-electron chi connectivity index (χ4n) is 17.9. The Labute approximate surface area is 835 Å². The summed E-state index contributed by atoms with van der Waals surface area (Å²) in [4.78, 5) is 51.7. The molecule has 0 bridgehead atoms. The maximum atomic E-state index is 14.4. The van der Waals surface area contributed by atoms with Crippen LogP contribution in [0.5, 0.6) is 40.2 Å². The van der Waals surface area contributed by atoms with Crippen LogP contribution >= 0.6 is 13.5 Å². The third-order valence-corrected chi connectivity index (χ3v) is 25.4. The van der Waals surface area contributed by atoms with Crippen molar-refractivity contribution in [2.45, 2.75) is 97.3 Å². The van der Waals surface area contributed by atoms with Crippen LogP contribution in [0, 0.1) is 11.7 Å². The lowest BCUT2D eigenvalue weighted by Crippen LogP contribution is -2.38. The van der Waals surface area contributed by atoms with Crippen LogP contribution in [0.4, 0.5) is 49.9 Å². The number of rotatable bonds is 37. The fraction of sp³-hybridized carbons (Fsp3) is 0.364. The van der Waals surface area contributed by atoms with E-state index in [-0.39, 0.29) is 32.0 Å². The van der Waals surface area contributed by atoms with E-state index < -0.39 is 0 Å². The van der Waals surface area contributed by atoms with Crippen molar-refractivity contribution >= 4 is 103 Å². The third-order valence-electron chi connectivity index (χ3n) is 25.4. The van der Waals surface area contributed by atoms with Gasteiger partial charge < -0.3 is 78.6 Å². The molecule has 0 saturated carbocycles. The molecule has 8 aromatic heterocycles. The number of methoxy groups -OCH3 is 7. The lowest BCUT2D eigenvalue weighted by atomic mass is 10.0. The Hall–Kier alpha value is -14.2. The lowest BCUT2D eigenvalue weighted by Gasteiger charge is -2.30. The number of hydrogen-bond donors (Lipinski definition) is 3. The maximum Gasteiger partial charge on any atom is 0.128 e. The van der Waals surface area contributed by atoms with Gasteiger partial charge in [-0.2, -0.15) is 33.9 Å². The number of aliphatic hydroxyl groups excluding tert-OH is 1. The monoisotopic (exact) mass is 1950 g/mol. The summed E-state index contributed by atoms with van der Waals surface area (Å²) in [5.74, 6) is 5.15. The van der Waals surface area contributed by atoms with Crippen molar-refractivity contribution in [1.29, 1.82) is 0 Å². The smallest absolute Gasteiger partial charge is 0.128 e. The van der Waals surface area contributed by atoms with E-state index in [1.807, 2.05) is 170 Å². The van der Waals surface area contributed by atoms with Gasteiger partial charge in [0, 0.05) is 258 Å². The number of fused-ring (bicyclic) bond motifs is 4. The Bertz CT molecular complexity index is 6760. The van der Waals surface area contributed by atoms with E-state index in [4.69, 9.17) is 68.5 Å². The molecule has 19 rings (SSSR count). The molecule has 8 aromatic carbocycles. The minimum atomic E-state index is -0.321. The van der Waals surface area contributed by atoms with E-state index in [0.717, 1.165) is 281 Å². The Morgan fingerprint density at radius 1 is 0.423 bits per heavy atom. The maximum absolute atomic E-state index is 14.4. The molecule has 33 nitrogen and oxygen atoms in total. The quantitative estimate of drug-likeness (QED) is 0.0326. The summed E-state index contributed by atoms with van der Waals surface area (Å²) in [5, 5.41) is 30.8. The highest BCUT2D eigenvalue weighted by Gasteiger charge is 2.27. The van der Waals surface area contributed by atoms with Gasteiger partial charge in [-0.1, -0.05) is 20.8 Å². The molecule has 11 heterocycles. The third kappa shape index (κ3) is 26.1. The van der Waals surface area contributed by atoms with Crippen molar-refractivity contribution in [3.8, 4) is 85.3 Å². The first-order valence-electron chi connectivity index (χ1n) is 48.2. The molecule has 0 unspecified atom stereocenters. The molecular weight excluding hydrogens is 1820 g/mol. The first-order chi connectivity index (χ1) is 68.8. The summed E-state index contributed by atoms with van der Waals surface area (Å²) in [7, 11) is 15.3. The second kappa shape index (κ2) is 49.3. The van der Waals surface area contributed by atoms with Gasteiger partial charge in [-0.3, -0.25) is 43.6 Å². The van der Waals surface area contributed by atoms with Crippen molar-refractivity contribution in [3.63, 3.8) is 0 Å². The molecule has 1 atom stereocenters. The standard InChI is InChI=1S/C30H38N6O3.C27H32N6O3.C26H29FN6O.C24H28N6O2.H2S/c1-21(2)31-9-10-36(25-13-26(37-3)16-27(14-25)38-4)24-5-6-28-29(15-24)34-30(18-32-28)23-17-33-35(20-23)19-22-7-11-39-12-8-22;1-31-17-19(15-29-31)27-16-28-25-7-6-20(13-26(25)30-27)33(10-9-32-8-4-5-21(32)18-34)22-11-23(35-2)14-24(12-22)36-3;1-31-18-19(16-29-31)26-17-28-24-7-6-21(15-25(24)30-26)33(11-5-10-32-8-3-4-9-32)22-12-20(27)13-23(14-22)34-2;1-4-8-29-16-17(14-27-29)24-15-26-22-6-5-18(12-23(22)28-24)30(9-7-25)19-10-20(31-2)13-21(11-19)32-3;/h5-6,13-18,20-22,31H,7-12,19H2,1-4H3;6-7,11-17,21,34H,4-5,8-10,18H2,1-3H3;6-7,12-18H,3-5,8-11H2,1-2H3;5-6,10-16H,4,7-9,25H2,1-3H3;1H2/t;21-;;;/m.0.../s1. The summed E-state index contributed by atoms with van der Waals surface area (Å²) in [6.45, 7) is 19.4. The van der Waals surface area contributed by atoms with Gasteiger partial charge in [0.05, 0.1) is 173 Å². The Kier molecular flexibility index (Phi) is 35.5. The molecule has 3 aliphatic heterocycles. The van der Waals surface area contributed by atoms with Gasteiger partial charge in [0.1, 0.15) is 46.1 Å². The van der Waals surface area contributed by atoms with Crippen LogP contribution in [-0.2, 0) is 31.9 Å². The van der Waals surface area contributed by atoms with Crippen LogP contribution in [0.2, 0.25) is 0 Å². The highest BCUT2D eigenvalue weighted by Crippen LogP contribution is 2.41. The van der Waals surface area contributed by atoms with Crippen molar-refractivity contribution in [1.82, 2.24) is 94.1 Å². The average molecular weight is 1950 g/mol. The van der Waals surface area contributed by atoms with Crippen LogP contribution in [0.1, 0.15) is 72.1 Å². The number of aromatic nitrogens is 16. The molecule has 0 radical (unpaired) electrons. The summed E-state index contributed by atoms with van der Waals surface area (Å²) in [6, 6.07) is 47.4. The largest absolute Gasteiger partial charge is 0.497 e. The van der Waals surface area contributed by atoms with Crippen LogP contribution < -0.4 is 63.8 Å². The summed E-state index contributed by atoms with van der Waals surface area (Å²) >= 11 is 0. The Morgan fingerprint density at radius 2 is 0.810 bits per heavy atom. The van der Waals surface area contributed by atoms with Crippen LogP contribution in [0.25, 0.3) is 89.2 Å². The molecule has 4 N–H and O–H groups in total. The van der Waals surface area contributed by atoms with Gasteiger partial charge in [-0.05, 0) is 162 Å². The molecule has 35 heteroatoms. The van der Waals surface area contributed by atoms with E-state index in [1.165, 1.54) is 18.9 Å². The van der Waals surface area contributed by atoms with E-state index in [9.17, 15) is 9.50 Å². The van der Waals surface area contributed by atoms with Gasteiger partial charge in [0.15, 0.2) is 0 Å². The first kappa shape index (κ1) is 102. The number of nitrogens with one attached hydrogen (secondary N) is 1. The number of nitrogens with zero attached hydrogens (tertiary/aromatic N) is 22. The SMILES string of the molecule is CCCn1cc(-c2cnc3ccc(N(CCN)c4cc(OC)cc(OC)c4)cc3n2)cn1.COc1cc(F)cc(N(CCCN2CCCC2)c2ccc3ncc(-c4cnn(C)c4)nc3c2)c1.COc1cc(OC)cc(N(CCN2CCC[C@H]2CO)c2ccc3ncc(-c4cnn(C)c4)nc3c2)c1.COc1cc(OC)cc(N(CCNC(C)C)c2ccc3ncc(-c4cnn(CC5CCOCC5)c4)nc3c2)c1.S. The van der Waals surface area contributed by atoms with E-state index in [0.29, 0.717) is 42.3 Å². The molecule has 744 valence electrons. The molecule has 3 fully saturated rings. The number of hydrogen-bond acceptors (Lipinski definition) is 29. The van der Waals surface area contributed by atoms with Crippen LogP contribution in [-0.4, -0.2) is 248 Å². The molecule has 0 aliphatic carbocycles. The number of aliphatic hydroxyl groups is 1. The zero-order chi connectivity index (χ0) is 98.3. The highest BCUT2D eigenvalue weighted by molar-refractivity contribution is 7.59. The number of likely N-dealkylation sites (tertiary alicyclic amines) is 2. The van der Waals surface area contributed by atoms with E-state index >= 15 is 0 Å². The normalized spacial score (nSPS) is 13.8. The van der Waals surface area contributed by atoms with Gasteiger partial charge in [-0.25, -0.2) is 24.3 Å². The summed E-state index contributed by atoms with van der Waals surface area (Å²) < 4.78 is 65.8. The molecule has 16 aromatic rings. The predicted octanol–water partition coefficient (Wildman–Crippen LogP) is 17.6. The van der Waals surface area contributed by atoms with E-state index in [2.05, 4.69) is 121 Å². The zero-order valence-electron chi connectivity index (χ0n) is 83.0. The first-order valence-corrected chi connectivity index (χ1v) is 48.2. The lowest BCUT2D eigenvalue weighted by molar-refractivity contribution is 0.0601. The van der Waals surface area contributed by atoms with Crippen LogP contribution in [0.15, 0.2) is 220 Å². The predicted molar refractivity (Wildman–Crippen MR) is 563 cm³/mol. The topological polar surface area (TPSA) is 326 Å². The molecule has 3 aliphatic rings. The Balaban J connectivity index is 0.000000143. The summed E-state index contributed by atoms with van der Waals surface area (Å²) in [6.07, 6.45) is 31.2. The van der Waals surface area contributed by atoms with Crippen LogP contribution in [0.3, 0.4) is 0 Å². The molecule has 142 heavy (non-hydrogen) atoms. The number of nitrogens with two attached hydrogens (primary N) is 1. The van der Waals surface area contributed by atoms with Crippen molar-refractivity contribution in [2.24, 2.45) is 25.7 Å². The molecule has 0 amide bonds. The summed E-state index contributed by atoms with van der Waals surface area (Å²) in [5.41, 5.74) is 27.0. The fourth-order valence-corrected chi connectivity index (χ4v) is 17.9. The Morgan fingerprint density at radius 3 is 1.21 bits per heavy atom. The number of benzene rings is 8. The zero-order valence-corrected chi connectivity index (χ0v) is 84.0. The number of ether oxygens (including phenoxy) is 8. The second-order valence-electron chi connectivity index (χ2n) is 35.5. The highest BCUT2D eigenvalue weighted by atomic mass is 32.1. The van der Waals surface area contributed by atoms with Gasteiger partial charge in [0.25, 0.3) is 0 Å². The minimum absolute atomic E-state index is 0. The van der Waals surface area contributed by atoms with Crippen molar-refractivity contribution in [3.05, 3.63) is 226 Å².